The maximum atomic E-state index is 5.26. The van der Waals surface area contributed by atoms with Gasteiger partial charge in [-0.15, -0.1) is 24.0 Å². The molecule has 1 heterocycles. The molecule has 0 fully saturated rings. The van der Waals surface area contributed by atoms with Gasteiger partial charge in [-0.25, -0.2) is 9.98 Å². The van der Waals surface area contributed by atoms with E-state index in [1.54, 1.807) is 13.3 Å². The van der Waals surface area contributed by atoms with Crippen LogP contribution in [-0.4, -0.2) is 24.6 Å². The maximum absolute atomic E-state index is 5.26. The van der Waals surface area contributed by atoms with Crippen LogP contribution in [0.1, 0.15) is 18.1 Å². The smallest absolute Gasteiger partial charge is 0.218 e. The standard InChI is InChI=1S/C17H22N4O.HI/c1-3-18-17(20-12-14-8-5-4-6-9-14)21-13-15-10-7-11-19-16(15)22-2;/h4-11H,3,12-13H2,1-2H3,(H2,18,20,21);1H. The van der Waals surface area contributed by atoms with Gasteiger partial charge in [0.25, 0.3) is 0 Å². The van der Waals surface area contributed by atoms with Crippen LogP contribution in [0.5, 0.6) is 5.88 Å². The third-order valence-electron chi connectivity index (χ3n) is 3.10. The van der Waals surface area contributed by atoms with E-state index in [-0.39, 0.29) is 24.0 Å². The second kappa shape index (κ2) is 10.8. The quantitative estimate of drug-likeness (QED) is 0.424. The van der Waals surface area contributed by atoms with Crippen LogP contribution in [0.4, 0.5) is 0 Å². The van der Waals surface area contributed by atoms with Gasteiger partial charge in [-0.05, 0) is 18.6 Å². The Hall–Kier alpha value is -1.83. The Labute approximate surface area is 154 Å². The molecule has 1 aromatic carbocycles. The number of pyridine rings is 1. The second-order valence-corrected chi connectivity index (χ2v) is 4.71. The van der Waals surface area contributed by atoms with Gasteiger partial charge in [-0.3, -0.25) is 0 Å². The lowest BCUT2D eigenvalue weighted by molar-refractivity contribution is 0.392. The Morgan fingerprint density at radius 2 is 1.91 bits per heavy atom. The summed E-state index contributed by atoms with van der Waals surface area (Å²) in [5.41, 5.74) is 2.17. The first-order chi connectivity index (χ1) is 10.8. The number of rotatable bonds is 6. The Balaban J connectivity index is 0.00000264. The zero-order valence-electron chi connectivity index (χ0n) is 13.5. The first-order valence-corrected chi connectivity index (χ1v) is 7.37. The third kappa shape index (κ3) is 6.43. The summed E-state index contributed by atoms with van der Waals surface area (Å²) in [6.07, 6.45) is 1.72. The van der Waals surface area contributed by atoms with Gasteiger partial charge < -0.3 is 15.4 Å². The van der Waals surface area contributed by atoms with Gasteiger partial charge in [0.05, 0.1) is 13.7 Å². The summed E-state index contributed by atoms with van der Waals surface area (Å²) < 4.78 is 5.26. The summed E-state index contributed by atoms with van der Waals surface area (Å²) in [7, 11) is 1.63. The fraction of sp³-hybridized carbons (Fsp3) is 0.294. The molecule has 5 nitrogen and oxygen atoms in total. The predicted molar refractivity (Wildman–Crippen MR) is 104 cm³/mol. The number of aliphatic imine (C=N–C) groups is 1. The number of guanidine groups is 1. The second-order valence-electron chi connectivity index (χ2n) is 4.71. The van der Waals surface area contributed by atoms with Gasteiger partial charge in [-0.2, -0.15) is 0 Å². The highest BCUT2D eigenvalue weighted by Crippen LogP contribution is 2.12. The van der Waals surface area contributed by atoms with Crippen LogP contribution in [0.3, 0.4) is 0 Å². The van der Waals surface area contributed by atoms with Crippen LogP contribution in [-0.2, 0) is 13.1 Å². The van der Waals surface area contributed by atoms with E-state index in [1.807, 2.05) is 37.3 Å². The summed E-state index contributed by atoms with van der Waals surface area (Å²) in [5, 5.41) is 6.54. The van der Waals surface area contributed by atoms with Crippen molar-refractivity contribution in [3.63, 3.8) is 0 Å². The molecule has 0 unspecified atom stereocenters. The number of hydrogen-bond donors (Lipinski definition) is 2. The van der Waals surface area contributed by atoms with Crippen LogP contribution in [0.2, 0.25) is 0 Å². The van der Waals surface area contributed by atoms with E-state index in [9.17, 15) is 0 Å². The number of benzene rings is 1. The normalized spacial score (nSPS) is 10.6. The number of nitrogens with zero attached hydrogens (tertiary/aromatic N) is 2. The van der Waals surface area contributed by atoms with Gasteiger partial charge in [0, 0.05) is 24.8 Å². The number of hydrogen-bond acceptors (Lipinski definition) is 3. The highest BCUT2D eigenvalue weighted by molar-refractivity contribution is 14.0. The van der Waals surface area contributed by atoms with E-state index >= 15 is 0 Å². The average Bonchev–Trinajstić information content (AvgIpc) is 2.58. The SMILES string of the molecule is CCNC(=NCc1ccccc1)NCc1cccnc1OC.I. The monoisotopic (exact) mass is 426 g/mol. The van der Waals surface area contributed by atoms with Crippen molar-refractivity contribution < 1.29 is 4.74 Å². The molecule has 0 bridgehead atoms. The van der Waals surface area contributed by atoms with Crippen molar-refractivity contribution in [2.75, 3.05) is 13.7 Å². The van der Waals surface area contributed by atoms with E-state index in [4.69, 9.17) is 4.74 Å². The summed E-state index contributed by atoms with van der Waals surface area (Å²) in [6.45, 7) is 4.10. The van der Waals surface area contributed by atoms with Crippen molar-refractivity contribution in [1.82, 2.24) is 15.6 Å². The lowest BCUT2D eigenvalue weighted by atomic mass is 10.2. The lowest BCUT2D eigenvalue weighted by Crippen LogP contribution is -2.36. The van der Waals surface area contributed by atoms with Crippen molar-refractivity contribution in [3.05, 3.63) is 59.8 Å². The van der Waals surface area contributed by atoms with E-state index in [0.717, 1.165) is 18.1 Å². The zero-order valence-corrected chi connectivity index (χ0v) is 15.8. The van der Waals surface area contributed by atoms with Crippen LogP contribution in [0, 0.1) is 0 Å². The molecular weight excluding hydrogens is 403 g/mol. The highest BCUT2D eigenvalue weighted by atomic mass is 127. The molecule has 0 amide bonds. The van der Waals surface area contributed by atoms with Crippen LogP contribution in [0.25, 0.3) is 0 Å². The van der Waals surface area contributed by atoms with Crippen molar-refractivity contribution in [2.24, 2.45) is 4.99 Å². The Kier molecular flexibility index (Phi) is 9.04. The molecule has 0 aliphatic carbocycles. The topological polar surface area (TPSA) is 58.5 Å². The number of halogens is 1. The summed E-state index contributed by atoms with van der Waals surface area (Å²) in [6, 6.07) is 14.1. The van der Waals surface area contributed by atoms with Crippen molar-refractivity contribution in [1.29, 1.82) is 0 Å². The predicted octanol–water partition coefficient (Wildman–Crippen LogP) is 2.96. The fourth-order valence-electron chi connectivity index (χ4n) is 2.02. The zero-order chi connectivity index (χ0) is 15.6. The Morgan fingerprint density at radius 3 is 2.61 bits per heavy atom. The van der Waals surface area contributed by atoms with Crippen LogP contribution in [0.15, 0.2) is 53.7 Å². The molecule has 23 heavy (non-hydrogen) atoms. The molecular formula is C17H23IN4O. The van der Waals surface area contributed by atoms with Gasteiger partial charge in [-0.1, -0.05) is 36.4 Å². The molecule has 0 saturated heterocycles. The lowest BCUT2D eigenvalue weighted by Gasteiger charge is -2.12. The van der Waals surface area contributed by atoms with E-state index in [1.165, 1.54) is 5.56 Å². The summed E-state index contributed by atoms with van der Waals surface area (Å²) >= 11 is 0. The average molecular weight is 426 g/mol. The Morgan fingerprint density at radius 1 is 1.13 bits per heavy atom. The Bertz CT molecular complexity index is 605. The van der Waals surface area contributed by atoms with Crippen LogP contribution < -0.4 is 15.4 Å². The fourth-order valence-corrected chi connectivity index (χ4v) is 2.02. The number of methoxy groups -OCH3 is 1. The van der Waals surface area contributed by atoms with Crippen molar-refractivity contribution in [2.45, 2.75) is 20.0 Å². The van der Waals surface area contributed by atoms with E-state index in [2.05, 4.69) is 32.7 Å². The van der Waals surface area contributed by atoms with E-state index < -0.39 is 0 Å². The molecule has 0 aliphatic heterocycles. The largest absolute Gasteiger partial charge is 0.481 e. The van der Waals surface area contributed by atoms with Gasteiger partial charge >= 0.3 is 0 Å². The molecule has 124 valence electrons. The third-order valence-corrected chi connectivity index (χ3v) is 3.10. The molecule has 2 rings (SSSR count). The minimum absolute atomic E-state index is 0. The molecule has 2 N–H and O–H groups in total. The van der Waals surface area contributed by atoms with Crippen LogP contribution >= 0.6 is 24.0 Å². The molecule has 0 aliphatic rings. The molecule has 1 aromatic heterocycles. The number of aromatic nitrogens is 1. The highest BCUT2D eigenvalue weighted by Gasteiger charge is 2.04. The van der Waals surface area contributed by atoms with Crippen molar-refractivity contribution in [3.8, 4) is 5.88 Å². The molecule has 6 heteroatoms. The molecule has 0 radical (unpaired) electrons. The number of nitrogens with one attached hydrogen (secondary N) is 2. The minimum Gasteiger partial charge on any atom is -0.481 e. The summed E-state index contributed by atoms with van der Waals surface area (Å²) in [5.74, 6) is 1.41. The first-order valence-electron chi connectivity index (χ1n) is 7.37. The van der Waals surface area contributed by atoms with Gasteiger partial charge in [0.15, 0.2) is 5.96 Å². The molecule has 0 atom stereocenters. The van der Waals surface area contributed by atoms with Gasteiger partial charge in [0.1, 0.15) is 0 Å². The van der Waals surface area contributed by atoms with E-state index in [0.29, 0.717) is 19.0 Å². The van der Waals surface area contributed by atoms with Crippen molar-refractivity contribution >= 4 is 29.9 Å². The molecule has 0 saturated carbocycles. The maximum Gasteiger partial charge on any atom is 0.218 e. The molecule has 2 aromatic rings. The summed E-state index contributed by atoms with van der Waals surface area (Å²) in [4.78, 5) is 8.78. The van der Waals surface area contributed by atoms with Gasteiger partial charge in [0.2, 0.25) is 5.88 Å². The number of ether oxygens (including phenoxy) is 1. The first kappa shape index (κ1) is 19.2. The minimum atomic E-state index is 0. The molecule has 0 spiro atoms.